The number of ether oxygens (including phenoxy) is 1. The van der Waals surface area contributed by atoms with Gasteiger partial charge in [-0.05, 0) is 19.1 Å². The molecule has 2 aromatic rings. The van der Waals surface area contributed by atoms with E-state index in [9.17, 15) is 18.0 Å². The van der Waals surface area contributed by atoms with Crippen molar-refractivity contribution >= 4 is 15.8 Å². The highest BCUT2D eigenvalue weighted by atomic mass is 32.2. The number of aromatic nitrogens is 3. The second-order valence-electron chi connectivity index (χ2n) is 4.17. The van der Waals surface area contributed by atoms with Crippen molar-refractivity contribution in [2.24, 2.45) is 0 Å². The molecule has 0 bridgehead atoms. The van der Waals surface area contributed by atoms with Gasteiger partial charge in [-0.1, -0.05) is 0 Å². The average Bonchev–Trinajstić information content (AvgIpc) is 2.80. The summed E-state index contributed by atoms with van der Waals surface area (Å²) in [6.07, 6.45) is 3.41. The van der Waals surface area contributed by atoms with Gasteiger partial charge in [0, 0.05) is 18.6 Å². The second-order valence-corrected chi connectivity index (χ2v) is 6.19. The molecule has 0 unspecified atom stereocenters. The minimum Gasteiger partial charge on any atom is -0.462 e. The Morgan fingerprint density at radius 2 is 2.14 bits per heavy atom. The van der Waals surface area contributed by atoms with E-state index in [-0.39, 0.29) is 22.9 Å². The Hall–Kier alpha value is -2.42. The molecule has 112 valence electrons. The van der Waals surface area contributed by atoms with Gasteiger partial charge in [0.15, 0.2) is 15.7 Å². The Kier molecular flexibility index (Phi) is 3.94. The van der Waals surface area contributed by atoms with Gasteiger partial charge in [0.05, 0.1) is 11.5 Å². The van der Waals surface area contributed by atoms with Gasteiger partial charge in [0.2, 0.25) is 0 Å². The van der Waals surface area contributed by atoms with E-state index in [1.807, 2.05) is 0 Å². The summed E-state index contributed by atoms with van der Waals surface area (Å²) in [5.41, 5.74) is -0.765. The molecule has 0 aliphatic carbocycles. The molecule has 0 amide bonds. The SMILES string of the molecule is CCOC(=O)c1c[nH]n(-c2ccc(S(C)(=O)=O)cn2)c1=O. The number of hydrogen-bond acceptors (Lipinski definition) is 6. The van der Waals surface area contributed by atoms with Crippen LogP contribution in [0.25, 0.3) is 5.82 Å². The lowest BCUT2D eigenvalue weighted by Gasteiger charge is -2.02. The molecule has 0 spiro atoms. The molecule has 1 N–H and O–H groups in total. The average molecular weight is 311 g/mol. The molecule has 2 heterocycles. The Balaban J connectivity index is 2.40. The van der Waals surface area contributed by atoms with Crippen LogP contribution in [0.2, 0.25) is 0 Å². The maximum absolute atomic E-state index is 12.0. The normalized spacial score (nSPS) is 11.3. The molecule has 0 saturated carbocycles. The van der Waals surface area contributed by atoms with E-state index in [2.05, 4.69) is 10.1 Å². The number of aromatic amines is 1. The van der Waals surface area contributed by atoms with E-state index in [1.165, 1.54) is 18.3 Å². The number of pyridine rings is 1. The van der Waals surface area contributed by atoms with Crippen LogP contribution in [0.5, 0.6) is 0 Å². The van der Waals surface area contributed by atoms with Crippen molar-refractivity contribution in [3.63, 3.8) is 0 Å². The highest BCUT2D eigenvalue weighted by Crippen LogP contribution is 2.09. The van der Waals surface area contributed by atoms with Crippen molar-refractivity contribution in [1.82, 2.24) is 14.8 Å². The number of H-pyrrole nitrogens is 1. The van der Waals surface area contributed by atoms with Gasteiger partial charge < -0.3 is 4.74 Å². The molecule has 8 nitrogen and oxygen atoms in total. The Morgan fingerprint density at radius 1 is 1.43 bits per heavy atom. The summed E-state index contributed by atoms with van der Waals surface area (Å²) >= 11 is 0. The van der Waals surface area contributed by atoms with E-state index in [4.69, 9.17) is 4.74 Å². The topological polar surface area (TPSA) is 111 Å². The zero-order valence-corrected chi connectivity index (χ0v) is 12.2. The van der Waals surface area contributed by atoms with Crippen LogP contribution in [0.1, 0.15) is 17.3 Å². The summed E-state index contributed by atoms with van der Waals surface area (Å²) in [6.45, 7) is 1.79. The quantitative estimate of drug-likeness (QED) is 0.804. The van der Waals surface area contributed by atoms with Crippen molar-refractivity contribution in [2.75, 3.05) is 12.9 Å². The van der Waals surface area contributed by atoms with Crippen LogP contribution in [0.3, 0.4) is 0 Å². The van der Waals surface area contributed by atoms with Crippen molar-refractivity contribution in [1.29, 1.82) is 0 Å². The van der Waals surface area contributed by atoms with Gasteiger partial charge in [-0.25, -0.2) is 22.9 Å². The molecule has 2 aromatic heterocycles. The van der Waals surface area contributed by atoms with Gasteiger partial charge in [0.1, 0.15) is 5.56 Å². The van der Waals surface area contributed by atoms with Crippen LogP contribution in [0.4, 0.5) is 0 Å². The molecule has 2 rings (SSSR count). The first kappa shape index (κ1) is 15.0. The smallest absolute Gasteiger partial charge is 0.345 e. The summed E-state index contributed by atoms with van der Waals surface area (Å²) < 4.78 is 28.4. The number of esters is 1. The molecule has 9 heteroatoms. The summed E-state index contributed by atoms with van der Waals surface area (Å²) in [6, 6.07) is 2.69. The first-order chi connectivity index (χ1) is 9.84. The molecular formula is C12H13N3O5S. The van der Waals surface area contributed by atoms with E-state index in [0.717, 1.165) is 17.1 Å². The van der Waals surface area contributed by atoms with Crippen LogP contribution in [-0.4, -0.2) is 42.0 Å². The Bertz CT molecular complexity index is 817. The zero-order valence-electron chi connectivity index (χ0n) is 11.4. The van der Waals surface area contributed by atoms with E-state index >= 15 is 0 Å². The molecule has 0 saturated heterocycles. The first-order valence-electron chi connectivity index (χ1n) is 5.98. The maximum Gasteiger partial charge on any atom is 0.345 e. The number of rotatable bonds is 4. The van der Waals surface area contributed by atoms with Crippen molar-refractivity contribution in [2.45, 2.75) is 11.8 Å². The fourth-order valence-corrected chi connectivity index (χ4v) is 2.18. The molecule has 0 aromatic carbocycles. The Labute approximate surface area is 120 Å². The Morgan fingerprint density at radius 3 is 2.67 bits per heavy atom. The number of hydrogen-bond donors (Lipinski definition) is 1. The number of sulfone groups is 1. The molecule has 0 radical (unpaired) electrons. The van der Waals surface area contributed by atoms with Gasteiger partial charge in [-0.2, -0.15) is 0 Å². The first-order valence-corrected chi connectivity index (χ1v) is 7.87. The zero-order chi connectivity index (χ0) is 15.6. The van der Waals surface area contributed by atoms with E-state index in [0.29, 0.717) is 0 Å². The molecule has 21 heavy (non-hydrogen) atoms. The fraction of sp³-hybridized carbons (Fsp3) is 0.250. The van der Waals surface area contributed by atoms with Crippen LogP contribution in [0, 0.1) is 0 Å². The van der Waals surface area contributed by atoms with E-state index < -0.39 is 21.4 Å². The van der Waals surface area contributed by atoms with Gasteiger partial charge in [-0.15, -0.1) is 0 Å². The lowest BCUT2D eigenvalue weighted by molar-refractivity contribution is 0.0525. The molecule has 0 fully saturated rings. The predicted molar refractivity (Wildman–Crippen MR) is 73.3 cm³/mol. The second kappa shape index (κ2) is 5.52. The number of nitrogens with one attached hydrogen (secondary N) is 1. The van der Waals surface area contributed by atoms with Crippen LogP contribution >= 0.6 is 0 Å². The van der Waals surface area contributed by atoms with Gasteiger partial charge in [-0.3, -0.25) is 9.89 Å². The summed E-state index contributed by atoms with van der Waals surface area (Å²) in [7, 11) is -3.36. The third-order valence-corrected chi connectivity index (χ3v) is 3.74. The highest BCUT2D eigenvalue weighted by Gasteiger charge is 2.17. The van der Waals surface area contributed by atoms with Gasteiger partial charge in [0.25, 0.3) is 5.56 Å². The third kappa shape index (κ3) is 3.02. The van der Waals surface area contributed by atoms with Crippen LogP contribution < -0.4 is 5.56 Å². The summed E-state index contributed by atoms with van der Waals surface area (Å²) in [5, 5.41) is 2.58. The minimum atomic E-state index is -3.36. The summed E-state index contributed by atoms with van der Waals surface area (Å²) in [4.78, 5) is 27.5. The molecule has 0 aliphatic rings. The monoisotopic (exact) mass is 311 g/mol. The highest BCUT2D eigenvalue weighted by molar-refractivity contribution is 7.90. The van der Waals surface area contributed by atoms with Crippen LogP contribution in [-0.2, 0) is 14.6 Å². The van der Waals surface area contributed by atoms with Gasteiger partial charge >= 0.3 is 5.97 Å². The standard InChI is InChI=1S/C12H13N3O5S/c1-3-20-12(17)9-7-14-15(11(9)16)10-5-4-8(6-13-10)21(2,18)19/h4-7,14H,3H2,1-2H3. The van der Waals surface area contributed by atoms with E-state index in [1.54, 1.807) is 6.92 Å². The molecule has 0 atom stereocenters. The fourth-order valence-electron chi connectivity index (χ4n) is 1.62. The van der Waals surface area contributed by atoms with Crippen molar-refractivity contribution < 1.29 is 17.9 Å². The largest absolute Gasteiger partial charge is 0.462 e. The van der Waals surface area contributed by atoms with Crippen molar-refractivity contribution in [3.8, 4) is 5.82 Å². The lowest BCUT2D eigenvalue weighted by Crippen LogP contribution is -2.22. The minimum absolute atomic E-state index is 0.0384. The lowest BCUT2D eigenvalue weighted by atomic mass is 10.3. The molecular weight excluding hydrogens is 298 g/mol. The molecule has 0 aliphatic heterocycles. The third-order valence-electron chi connectivity index (χ3n) is 2.64. The van der Waals surface area contributed by atoms with Crippen molar-refractivity contribution in [3.05, 3.63) is 40.4 Å². The predicted octanol–water partition coefficient (Wildman–Crippen LogP) is 0.141. The number of carbonyl (C=O) groups is 1. The van der Waals surface area contributed by atoms with Crippen LogP contribution in [0.15, 0.2) is 34.2 Å². The number of carbonyl (C=O) groups excluding carboxylic acids is 1. The number of nitrogens with zero attached hydrogens (tertiary/aromatic N) is 2. The summed E-state index contributed by atoms with van der Waals surface area (Å²) in [5.74, 6) is -0.562. The maximum atomic E-state index is 12.0.